The van der Waals surface area contributed by atoms with Crippen LogP contribution in [0.25, 0.3) is 0 Å². The topological polar surface area (TPSA) is 24.9 Å². The molecular formula is C8H14Cl2N2. The van der Waals surface area contributed by atoms with Gasteiger partial charge in [-0.1, -0.05) is 13.0 Å². The zero-order valence-electron chi connectivity index (χ0n) is 6.99. The van der Waals surface area contributed by atoms with Crippen LogP contribution in [-0.2, 0) is 0 Å². The number of halogens is 2. The average molecular weight is 209 g/mol. The Morgan fingerprint density at radius 1 is 1.33 bits per heavy atom. The molecule has 1 N–H and O–H groups in total. The van der Waals surface area contributed by atoms with Gasteiger partial charge in [0.2, 0.25) is 0 Å². The van der Waals surface area contributed by atoms with Crippen LogP contribution >= 0.6 is 24.8 Å². The Labute approximate surface area is 85.6 Å². The van der Waals surface area contributed by atoms with Crippen LogP contribution in [0.15, 0.2) is 24.4 Å². The van der Waals surface area contributed by atoms with Crippen molar-refractivity contribution < 1.29 is 0 Å². The monoisotopic (exact) mass is 208 g/mol. The van der Waals surface area contributed by atoms with Crippen molar-refractivity contribution in [2.45, 2.75) is 13.3 Å². The van der Waals surface area contributed by atoms with E-state index in [1.807, 2.05) is 18.2 Å². The molecule has 0 aromatic carbocycles. The molecule has 0 amide bonds. The highest BCUT2D eigenvalue weighted by Crippen LogP contribution is 1.98. The zero-order chi connectivity index (χ0) is 7.23. The number of hydrogen-bond donors (Lipinski definition) is 1. The van der Waals surface area contributed by atoms with E-state index in [1.165, 1.54) is 0 Å². The van der Waals surface area contributed by atoms with Crippen LogP contribution in [0.5, 0.6) is 0 Å². The van der Waals surface area contributed by atoms with E-state index in [1.54, 1.807) is 6.20 Å². The molecule has 0 aliphatic rings. The quantitative estimate of drug-likeness (QED) is 0.827. The predicted octanol–water partition coefficient (Wildman–Crippen LogP) is 2.75. The number of aromatic nitrogens is 1. The second-order valence-corrected chi connectivity index (χ2v) is 2.14. The van der Waals surface area contributed by atoms with Gasteiger partial charge in [-0.2, -0.15) is 0 Å². The molecule has 2 nitrogen and oxygen atoms in total. The van der Waals surface area contributed by atoms with Crippen molar-refractivity contribution in [1.29, 1.82) is 0 Å². The summed E-state index contributed by atoms with van der Waals surface area (Å²) in [5.41, 5.74) is 0. The fourth-order valence-electron chi connectivity index (χ4n) is 0.720. The van der Waals surface area contributed by atoms with E-state index in [-0.39, 0.29) is 24.8 Å². The van der Waals surface area contributed by atoms with E-state index in [2.05, 4.69) is 17.2 Å². The number of pyridine rings is 1. The number of anilines is 1. The van der Waals surface area contributed by atoms with Crippen LogP contribution in [0.2, 0.25) is 0 Å². The molecule has 1 heterocycles. The third-order valence-corrected chi connectivity index (χ3v) is 1.22. The zero-order valence-corrected chi connectivity index (χ0v) is 8.62. The number of nitrogens with zero attached hydrogens (tertiary/aromatic N) is 1. The van der Waals surface area contributed by atoms with Crippen molar-refractivity contribution in [3.8, 4) is 0 Å². The highest BCUT2D eigenvalue weighted by molar-refractivity contribution is 5.85. The van der Waals surface area contributed by atoms with Crippen LogP contribution in [0.4, 0.5) is 5.82 Å². The fraction of sp³-hybridized carbons (Fsp3) is 0.375. The molecule has 0 saturated carbocycles. The Morgan fingerprint density at radius 3 is 2.58 bits per heavy atom. The summed E-state index contributed by atoms with van der Waals surface area (Å²) in [7, 11) is 0. The van der Waals surface area contributed by atoms with E-state index in [0.717, 1.165) is 18.8 Å². The lowest BCUT2D eigenvalue weighted by molar-refractivity contribution is 0.969. The molecule has 0 atom stereocenters. The van der Waals surface area contributed by atoms with E-state index >= 15 is 0 Å². The summed E-state index contributed by atoms with van der Waals surface area (Å²) >= 11 is 0. The van der Waals surface area contributed by atoms with Gasteiger partial charge in [0.05, 0.1) is 0 Å². The van der Waals surface area contributed by atoms with Crippen LogP contribution in [0.3, 0.4) is 0 Å². The van der Waals surface area contributed by atoms with Gasteiger partial charge in [-0.3, -0.25) is 0 Å². The Hall–Kier alpha value is -0.470. The molecule has 70 valence electrons. The van der Waals surface area contributed by atoms with Gasteiger partial charge in [-0.25, -0.2) is 4.98 Å². The van der Waals surface area contributed by atoms with Crippen molar-refractivity contribution in [3.05, 3.63) is 24.4 Å². The third-order valence-electron chi connectivity index (χ3n) is 1.22. The van der Waals surface area contributed by atoms with Gasteiger partial charge in [0.15, 0.2) is 0 Å². The minimum Gasteiger partial charge on any atom is -0.370 e. The Balaban J connectivity index is 0. The lowest BCUT2D eigenvalue weighted by Crippen LogP contribution is -2.00. The van der Waals surface area contributed by atoms with Crippen LogP contribution in [-0.4, -0.2) is 11.5 Å². The molecule has 0 bridgehead atoms. The number of hydrogen-bond acceptors (Lipinski definition) is 2. The summed E-state index contributed by atoms with van der Waals surface area (Å²) in [6.07, 6.45) is 2.93. The highest BCUT2D eigenvalue weighted by Gasteiger charge is 1.85. The first kappa shape index (κ1) is 14.1. The third kappa shape index (κ3) is 5.22. The maximum absolute atomic E-state index is 4.11. The fourth-order valence-corrected chi connectivity index (χ4v) is 0.720. The molecule has 0 spiro atoms. The first-order chi connectivity index (χ1) is 4.93. The molecule has 0 saturated heterocycles. The van der Waals surface area contributed by atoms with E-state index < -0.39 is 0 Å². The Kier molecular flexibility index (Phi) is 10.1. The first-order valence-electron chi connectivity index (χ1n) is 3.58. The largest absolute Gasteiger partial charge is 0.370 e. The van der Waals surface area contributed by atoms with E-state index in [9.17, 15) is 0 Å². The molecule has 1 aromatic rings. The SMILES string of the molecule is CCCNc1ccccn1.Cl.Cl. The van der Waals surface area contributed by atoms with Gasteiger partial charge in [0.25, 0.3) is 0 Å². The van der Waals surface area contributed by atoms with Gasteiger partial charge in [0.1, 0.15) is 5.82 Å². The van der Waals surface area contributed by atoms with Gasteiger partial charge in [0, 0.05) is 12.7 Å². The Bertz CT molecular complexity index is 180. The molecule has 0 unspecified atom stereocenters. The summed E-state index contributed by atoms with van der Waals surface area (Å²) in [6, 6.07) is 5.86. The summed E-state index contributed by atoms with van der Waals surface area (Å²) in [4.78, 5) is 4.11. The van der Waals surface area contributed by atoms with Gasteiger partial charge >= 0.3 is 0 Å². The van der Waals surface area contributed by atoms with Crippen molar-refractivity contribution in [1.82, 2.24) is 4.98 Å². The minimum atomic E-state index is 0. The molecule has 0 aliphatic heterocycles. The second-order valence-electron chi connectivity index (χ2n) is 2.14. The van der Waals surface area contributed by atoms with Crippen molar-refractivity contribution in [3.63, 3.8) is 0 Å². The molecule has 0 fully saturated rings. The lowest BCUT2D eigenvalue weighted by Gasteiger charge is -2.00. The lowest BCUT2D eigenvalue weighted by atomic mass is 10.4. The average Bonchev–Trinajstić information content (AvgIpc) is 2.03. The molecule has 4 heteroatoms. The minimum absolute atomic E-state index is 0. The van der Waals surface area contributed by atoms with E-state index in [0.29, 0.717) is 0 Å². The number of rotatable bonds is 3. The molecule has 1 aromatic heterocycles. The van der Waals surface area contributed by atoms with Gasteiger partial charge in [-0.05, 0) is 18.6 Å². The molecule has 0 aliphatic carbocycles. The smallest absolute Gasteiger partial charge is 0.125 e. The predicted molar refractivity (Wildman–Crippen MR) is 57.5 cm³/mol. The molecule has 12 heavy (non-hydrogen) atoms. The van der Waals surface area contributed by atoms with Crippen LogP contribution in [0, 0.1) is 0 Å². The maximum atomic E-state index is 4.11. The van der Waals surface area contributed by atoms with Gasteiger partial charge in [-0.15, -0.1) is 24.8 Å². The van der Waals surface area contributed by atoms with Crippen LogP contribution < -0.4 is 5.32 Å². The summed E-state index contributed by atoms with van der Waals surface area (Å²) in [5, 5.41) is 3.18. The Morgan fingerprint density at radius 2 is 2.08 bits per heavy atom. The molecule has 1 rings (SSSR count). The van der Waals surface area contributed by atoms with Crippen molar-refractivity contribution >= 4 is 30.6 Å². The summed E-state index contributed by atoms with van der Waals surface area (Å²) in [6.45, 7) is 3.13. The highest BCUT2D eigenvalue weighted by atomic mass is 35.5. The normalized spacial score (nSPS) is 7.75. The van der Waals surface area contributed by atoms with Gasteiger partial charge < -0.3 is 5.32 Å². The number of nitrogens with one attached hydrogen (secondary N) is 1. The van der Waals surface area contributed by atoms with Crippen LogP contribution in [0.1, 0.15) is 13.3 Å². The summed E-state index contributed by atoms with van der Waals surface area (Å²) < 4.78 is 0. The second kappa shape index (κ2) is 8.62. The summed E-state index contributed by atoms with van der Waals surface area (Å²) in [5.74, 6) is 0.962. The first-order valence-corrected chi connectivity index (χ1v) is 3.58. The van der Waals surface area contributed by atoms with Crippen molar-refractivity contribution in [2.24, 2.45) is 0 Å². The molecule has 0 radical (unpaired) electrons. The maximum Gasteiger partial charge on any atom is 0.125 e. The standard InChI is InChI=1S/C8H12N2.2ClH/c1-2-6-9-8-5-3-4-7-10-8;;/h3-5,7H,2,6H2,1H3,(H,9,10);2*1H. The molecular weight excluding hydrogens is 195 g/mol. The van der Waals surface area contributed by atoms with E-state index in [4.69, 9.17) is 0 Å². The van der Waals surface area contributed by atoms with Crippen molar-refractivity contribution in [2.75, 3.05) is 11.9 Å².